The smallest absolute Gasteiger partial charge is 0.223 e. The predicted octanol–water partition coefficient (Wildman–Crippen LogP) is 0.702. The van der Waals surface area contributed by atoms with Gasteiger partial charge in [-0.1, -0.05) is 12.1 Å². The third kappa shape index (κ3) is 3.98. The van der Waals surface area contributed by atoms with E-state index in [9.17, 15) is 0 Å². The lowest BCUT2D eigenvalue weighted by molar-refractivity contribution is 0.293. The summed E-state index contributed by atoms with van der Waals surface area (Å²) in [5.74, 6) is 0.404. The van der Waals surface area contributed by atoms with Crippen molar-refractivity contribution in [1.29, 1.82) is 0 Å². The second-order valence-corrected chi connectivity index (χ2v) is 4.40. The van der Waals surface area contributed by atoms with Gasteiger partial charge in [0.1, 0.15) is 18.0 Å². The number of hydrogen-bond acceptors (Lipinski definition) is 3. The van der Waals surface area contributed by atoms with Crippen LogP contribution in [0.5, 0.6) is 5.75 Å². The van der Waals surface area contributed by atoms with Crippen LogP contribution in [0, 0.1) is 0 Å². The van der Waals surface area contributed by atoms with Gasteiger partial charge in [-0.25, -0.2) is 4.99 Å². The topological polar surface area (TPSA) is 130 Å². The van der Waals surface area contributed by atoms with Gasteiger partial charge in [0.05, 0.1) is 5.69 Å². The number of para-hydroxylation sites is 2. The fourth-order valence-corrected chi connectivity index (χ4v) is 1.87. The Morgan fingerprint density at radius 1 is 1.23 bits per heavy atom. The molecule has 0 amide bonds. The van der Waals surface area contributed by atoms with Gasteiger partial charge < -0.3 is 21.9 Å². The number of aromatic nitrogens is 2. The highest BCUT2D eigenvalue weighted by atomic mass is 16.5. The van der Waals surface area contributed by atoms with E-state index in [4.69, 9.17) is 21.9 Å². The zero-order valence-electron chi connectivity index (χ0n) is 12.3. The van der Waals surface area contributed by atoms with Crippen LogP contribution in [0.3, 0.4) is 0 Å². The lowest BCUT2D eigenvalue weighted by atomic mass is 10.3. The number of aryl methyl sites for hydroxylation is 1. The average Bonchev–Trinajstić information content (AvgIpc) is 2.93. The first-order valence-corrected chi connectivity index (χ1v) is 6.76. The maximum absolute atomic E-state index is 5.80. The molecule has 0 fully saturated rings. The van der Waals surface area contributed by atoms with Crippen molar-refractivity contribution in [3.05, 3.63) is 42.2 Å². The van der Waals surface area contributed by atoms with Crippen molar-refractivity contribution in [2.45, 2.75) is 20.1 Å². The van der Waals surface area contributed by atoms with Crippen molar-refractivity contribution in [1.82, 2.24) is 9.78 Å². The van der Waals surface area contributed by atoms with Crippen LogP contribution < -0.4 is 21.9 Å². The maximum Gasteiger partial charge on any atom is 0.223 e. The minimum Gasteiger partial charge on any atom is -0.485 e. The average molecular weight is 301 g/mol. The molecule has 8 heteroatoms. The second kappa shape index (κ2) is 7.11. The van der Waals surface area contributed by atoms with Crippen LogP contribution in [-0.2, 0) is 13.2 Å². The van der Waals surface area contributed by atoms with Gasteiger partial charge >= 0.3 is 0 Å². The van der Waals surface area contributed by atoms with Crippen LogP contribution in [0.4, 0.5) is 5.69 Å². The minimum absolute atomic E-state index is 0.0327. The number of rotatable bonds is 5. The van der Waals surface area contributed by atoms with Gasteiger partial charge in [0.15, 0.2) is 5.96 Å². The van der Waals surface area contributed by atoms with Crippen molar-refractivity contribution in [3.8, 4) is 5.75 Å². The molecule has 2 rings (SSSR count). The highest BCUT2D eigenvalue weighted by Gasteiger charge is 2.06. The summed E-state index contributed by atoms with van der Waals surface area (Å²) in [5, 5.41) is 4.19. The molecule has 22 heavy (non-hydrogen) atoms. The Kier molecular flexibility index (Phi) is 4.97. The summed E-state index contributed by atoms with van der Waals surface area (Å²) in [6.45, 7) is 3.18. The summed E-state index contributed by atoms with van der Waals surface area (Å²) >= 11 is 0. The zero-order valence-corrected chi connectivity index (χ0v) is 12.3. The molecule has 2 aromatic rings. The van der Waals surface area contributed by atoms with E-state index in [1.165, 1.54) is 0 Å². The lowest BCUT2D eigenvalue weighted by Crippen LogP contribution is -2.26. The Labute approximate surface area is 128 Å². The Hall–Kier alpha value is -3.03. The largest absolute Gasteiger partial charge is 0.485 e. The van der Waals surface area contributed by atoms with Gasteiger partial charge in [-0.2, -0.15) is 10.1 Å². The monoisotopic (exact) mass is 301 g/mol. The molecule has 1 heterocycles. The number of nitrogens with two attached hydrogens (primary N) is 3. The van der Waals surface area contributed by atoms with E-state index in [0.29, 0.717) is 18.0 Å². The molecule has 0 saturated heterocycles. The van der Waals surface area contributed by atoms with Gasteiger partial charge in [-0.3, -0.25) is 4.68 Å². The molecule has 0 unspecified atom stereocenters. The summed E-state index contributed by atoms with van der Waals surface area (Å²) < 4.78 is 7.66. The number of nitrogens with zero attached hydrogens (tertiary/aromatic N) is 4. The van der Waals surface area contributed by atoms with Crippen LogP contribution in [0.1, 0.15) is 12.6 Å². The van der Waals surface area contributed by atoms with E-state index >= 15 is 0 Å². The summed E-state index contributed by atoms with van der Waals surface area (Å²) in [5.41, 5.74) is 17.7. The Bertz CT molecular complexity index is 686. The van der Waals surface area contributed by atoms with Crippen molar-refractivity contribution < 1.29 is 4.74 Å². The third-order valence-corrected chi connectivity index (χ3v) is 2.82. The number of hydrogen-bond donors (Lipinski definition) is 3. The molecule has 1 aromatic heterocycles. The van der Waals surface area contributed by atoms with E-state index in [-0.39, 0.29) is 11.9 Å². The third-order valence-electron chi connectivity index (χ3n) is 2.82. The van der Waals surface area contributed by atoms with Gasteiger partial charge in [0.25, 0.3) is 0 Å². The molecule has 0 aliphatic carbocycles. The first-order valence-electron chi connectivity index (χ1n) is 6.76. The first-order chi connectivity index (χ1) is 10.6. The second-order valence-electron chi connectivity index (χ2n) is 4.40. The maximum atomic E-state index is 5.80. The summed E-state index contributed by atoms with van der Waals surface area (Å²) in [4.78, 5) is 7.82. The SMILES string of the molecule is CCn1nccc1COc1ccccc1N=C(N)N=C(N)N. The van der Waals surface area contributed by atoms with Gasteiger partial charge in [0.2, 0.25) is 5.96 Å². The van der Waals surface area contributed by atoms with Gasteiger partial charge in [-0.15, -0.1) is 0 Å². The van der Waals surface area contributed by atoms with Crippen molar-refractivity contribution in [2.24, 2.45) is 27.2 Å². The molecule has 116 valence electrons. The summed E-state index contributed by atoms with van der Waals surface area (Å²) in [6, 6.07) is 9.14. The van der Waals surface area contributed by atoms with E-state index in [0.717, 1.165) is 12.2 Å². The van der Waals surface area contributed by atoms with Crippen LogP contribution in [0.25, 0.3) is 0 Å². The van der Waals surface area contributed by atoms with Gasteiger partial charge in [0, 0.05) is 12.7 Å². The van der Waals surface area contributed by atoms with Crippen molar-refractivity contribution in [2.75, 3.05) is 0 Å². The molecule has 8 nitrogen and oxygen atoms in total. The highest BCUT2D eigenvalue weighted by Crippen LogP contribution is 2.27. The fourth-order valence-electron chi connectivity index (χ4n) is 1.87. The molecule has 0 bridgehead atoms. The fraction of sp³-hybridized carbons (Fsp3) is 0.214. The molecular formula is C14H19N7O. The molecule has 6 N–H and O–H groups in total. The van der Waals surface area contributed by atoms with Crippen LogP contribution >= 0.6 is 0 Å². The first kappa shape index (κ1) is 15.4. The Balaban J connectivity index is 2.17. The van der Waals surface area contributed by atoms with E-state index < -0.39 is 0 Å². The summed E-state index contributed by atoms with van der Waals surface area (Å²) in [6.07, 6.45) is 1.74. The van der Waals surface area contributed by atoms with E-state index in [1.807, 2.05) is 29.8 Å². The molecule has 0 spiro atoms. The van der Waals surface area contributed by atoms with Gasteiger partial charge in [-0.05, 0) is 25.1 Å². The molecule has 0 atom stereocenters. The predicted molar refractivity (Wildman–Crippen MR) is 85.8 cm³/mol. The molecule has 0 aliphatic heterocycles. The van der Waals surface area contributed by atoms with E-state index in [2.05, 4.69) is 15.1 Å². The van der Waals surface area contributed by atoms with Crippen molar-refractivity contribution in [3.63, 3.8) is 0 Å². The highest BCUT2D eigenvalue weighted by molar-refractivity contribution is 5.93. The molecule has 0 radical (unpaired) electrons. The van der Waals surface area contributed by atoms with Crippen LogP contribution in [0.15, 0.2) is 46.5 Å². The van der Waals surface area contributed by atoms with E-state index in [1.54, 1.807) is 18.3 Å². The van der Waals surface area contributed by atoms with Crippen LogP contribution in [0.2, 0.25) is 0 Å². The lowest BCUT2D eigenvalue weighted by Gasteiger charge is -2.10. The molecular weight excluding hydrogens is 282 g/mol. The standard InChI is InChI=1S/C14H19N7O/c1-2-21-10(7-8-18-21)9-22-12-6-4-3-5-11(12)19-14(17)20-13(15)16/h3-8H,2,9H2,1H3,(H6,15,16,17,19,20). The minimum atomic E-state index is -0.147. The molecule has 1 aromatic carbocycles. The number of ether oxygens (including phenoxy) is 1. The number of aliphatic imine (C=N–C) groups is 2. The number of benzene rings is 1. The zero-order chi connectivity index (χ0) is 15.9. The Morgan fingerprint density at radius 3 is 2.73 bits per heavy atom. The summed E-state index contributed by atoms with van der Waals surface area (Å²) in [7, 11) is 0. The molecule has 0 saturated carbocycles. The Morgan fingerprint density at radius 2 is 2.00 bits per heavy atom. The molecule has 0 aliphatic rings. The van der Waals surface area contributed by atoms with Crippen LogP contribution in [-0.4, -0.2) is 21.7 Å². The number of guanidine groups is 2. The quantitative estimate of drug-likeness (QED) is 0.553. The normalized spacial score (nSPS) is 11.2. The van der Waals surface area contributed by atoms with Crippen molar-refractivity contribution >= 4 is 17.6 Å².